The Labute approximate surface area is 209 Å². The van der Waals surface area contributed by atoms with Gasteiger partial charge >= 0.3 is 0 Å². The number of hydrogen-bond acceptors (Lipinski definition) is 0. The molecule has 0 nitrogen and oxygen atoms in total. The first-order chi connectivity index (χ1) is 16.4. The summed E-state index contributed by atoms with van der Waals surface area (Å²) in [5, 5.41) is 0. The van der Waals surface area contributed by atoms with E-state index in [-0.39, 0.29) is 12.8 Å². The van der Waals surface area contributed by atoms with Crippen molar-refractivity contribution in [1.82, 2.24) is 0 Å². The lowest BCUT2D eigenvalue weighted by Gasteiger charge is -2.30. The van der Waals surface area contributed by atoms with E-state index in [1.807, 2.05) is 55.4 Å². The lowest BCUT2D eigenvalue weighted by Crippen LogP contribution is -2.25. The summed E-state index contributed by atoms with van der Waals surface area (Å²) in [6.45, 7) is 16.0. The van der Waals surface area contributed by atoms with Crippen LogP contribution in [0.5, 0.6) is 0 Å². The van der Waals surface area contributed by atoms with Crippen LogP contribution in [0.4, 0.5) is 0 Å². The monoisotopic (exact) mass is 452 g/mol. The molecule has 0 bridgehead atoms. The Balaban J connectivity index is 0.000000588. The van der Waals surface area contributed by atoms with Crippen LogP contribution >= 0.6 is 0 Å². The van der Waals surface area contributed by atoms with Crippen molar-refractivity contribution in [3.63, 3.8) is 0 Å². The number of rotatable bonds is 0. The maximum absolute atomic E-state index is 2.31. The molecule has 0 aliphatic heterocycles. The third kappa shape index (κ3) is 4.23. The molecule has 0 heteroatoms. The molecule has 34 heavy (non-hydrogen) atoms. The van der Waals surface area contributed by atoms with Crippen LogP contribution in [-0.4, -0.2) is 0 Å². The summed E-state index contributed by atoms with van der Waals surface area (Å²) in [6, 6.07) is 35.7. The fraction of sp³-hybridized carbons (Fsp3) is 0.294. The molecule has 4 aromatic carbocycles. The molecule has 6 rings (SSSR count). The van der Waals surface area contributed by atoms with Gasteiger partial charge in [-0.3, -0.25) is 0 Å². The van der Waals surface area contributed by atoms with Gasteiger partial charge in [0.05, 0.1) is 5.41 Å². The van der Waals surface area contributed by atoms with Crippen molar-refractivity contribution in [3.8, 4) is 22.3 Å². The van der Waals surface area contributed by atoms with Crippen molar-refractivity contribution in [2.24, 2.45) is 0 Å². The van der Waals surface area contributed by atoms with Crippen molar-refractivity contribution in [1.29, 1.82) is 0 Å². The minimum Gasteiger partial charge on any atom is -0.0776 e. The van der Waals surface area contributed by atoms with E-state index < -0.39 is 0 Å². The van der Waals surface area contributed by atoms with Gasteiger partial charge in [-0.1, -0.05) is 160 Å². The van der Waals surface area contributed by atoms with Gasteiger partial charge in [-0.25, -0.2) is 0 Å². The van der Waals surface area contributed by atoms with Gasteiger partial charge in [0.1, 0.15) is 0 Å². The van der Waals surface area contributed by atoms with Gasteiger partial charge in [-0.2, -0.15) is 0 Å². The van der Waals surface area contributed by atoms with Crippen LogP contribution in [0.3, 0.4) is 0 Å². The predicted octanol–water partition coefficient (Wildman–Crippen LogP) is 10.8. The summed E-state index contributed by atoms with van der Waals surface area (Å²) in [6.07, 6.45) is 0. The smallest absolute Gasteiger partial charge is 0.0725 e. The van der Waals surface area contributed by atoms with Crippen LogP contribution < -0.4 is 0 Å². The third-order valence-electron chi connectivity index (χ3n) is 5.90. The van der Waals surface area contributed by atoms with E-state index in [0.717, 1.165) is 0 Å². The summed E-state index contributed by atoms with van der Waals surface area (Å²) in [7, 11) is 0. The Hall–Kier alpha value is -3.12. The second kappa shape index (κ2) is 13.6. The van der Waals surface area contributed by atoms with Gasteiger partial charge in [-0.15, -0.1) is 0 Å². The summed E-state index contributed by atoms with van der Waals surface area (Å²) in [4.78, 5) is 0. The summed E-state index contributed by atoms with van der Waals surface area (Å²) < 4.78 is 0. The predicted molar refractivity (Wildman–Crippen MR) is 155 cm³/mol. The lowest BCUT2D eigenvalue weighted by molar-refractivity contribution is 0.794. The van der Waals surface area contributed by atoms with Crippen molar-refractivity contribution >= 4 is 0 Å². The van der Waals surface area contributed by atoms with Gasteiger partial charge in [0, 0.05) is 0 Å². The van der Waals surface area contributed by atoms with Gasteiger partial charge in [0.15, 0.2) is 0 Å². The Bertz CT molecular complexity index is 962. The van der Waals surface area contributed by atoms with Crippen LogP contribution in [0, 0.1) is 0 Å². The standard InChI is InChI=1S/C25H16.4C2H6.CH4/c1-5-13-21-17(9-1)18-10-2-6-14-22(18)25(21)23-15-7-3-11-19(23)20-12-4-8-16-24(20)25;4*1-2;/h1-16H;4*1-2H3;1H4. The van der Waals surface area contributed by atoms with E-state index in [9.17, 15) is 0 Å². The first-order valence-corrected chi connectivity index (χ1v) is 12.8. The van der Waals surface area contributed by atoms with Crippen molar-refractivity contribution < 1.29 is 0 Å². The Morgan fingerprint density at radius 2 is 0.500 bits per heavy atom. The van der Waals surface area contributed by atoms with E-state index in [0.29, 0.717) is 0 Å². The minimum absolute atomic E-state index is 0. The molecule has 0 radical (unpaired) electrons. The molecule has 0 saturated heterocycles. The molecule has 2 aliphatic rings. The zero-order chi connectivity index (χ0) is 24.4. The average molecular weight is 453 g/mol. The zero-order valence-corrected chi connectivity index (χ0v) is 21.7. The Morgan fingerprint density at radius 3 is 0.706 bits per heavy atom. The molecular formula is C34H44. The number of hydrogen-bond donors (Lipinski definition) is 0. The quantitative estimate of drug-likeness (QED) is 0.215. The zero-order valence-electron chi connectivity index (χ0n) is 21.7. The van der Waals surface area contributed by atoms with Crippen LogP contribution in [0.1, 0.15) is 85.1 Å². The second-order valence-electron chi connectivity index (χ2n) is 6.93. The second-order valence-corrected chi connectivity index (χ2v) is 6.93. The van der Waals surface area contributed by atoms with Gasteiger partial charge in [0.25, 0.3) is 0 Å². The first kappa shape index (κ1) is 28.9. The molecule has 0 heterocycles. The molecule has 2 aliphatic carbocycles. The van der Waals surface area contributed by atoms with Gasteiger partial charge < -0.3 is 0 Å². The van der Waals surface area contributed by atoms with E-state index in [2.05, 4.69) is 97.1 Å². The normalized spacial score (nSPS) is 11.5. The largest absolute Gasteiger partial charge is 0.0776 e. The van der Waals surface area contributed by atoms with Gasteiger partial charge in [0.2, 0.25) is 0 Å². The average Bonchev–Trinajstić information content (AvgIpc) is 3.41. The summed E-state index contributed by atoms with van der Waals surface area (Å²) in [5.41, 5.74) is 10.9. The van der Waals surface area contributed by atoms with Crippen LogP contribution in [0.25, 0.3) is 22.3 Å². The highest BCUT2D eigenvalue weighted by Gasteiger charge is 2.51. The first-order valence-electron chi connectivity index (χ1n) is 12.8. The molecular weight excluding hydrogens is 408 g/mol. The van der Waals surface area contributed by atoms with E-state index in [4.69, 9.17) is 0 Å². The molecule has 1 spiro atoms. The molecule has 180 valence electrons. The highest BCUT2D eigenvalue weighted by atomic mass is 14.5. The number of fused-ring (bicyclic) bond motifs is 10. The van der Waals surface area contributed by atoms with Crippen molar-refractivity contribution in [2.75, 3.05) is 0 Å². The summed E-state index contributed by atoms with van der Waals surface area (Å²) >= 11 is 0. The minimum atomic E-state index is -0.180. The van der Waals surface area contributed by atoms with E-state index in [1.165, 1.54) is 44.5 Å². The van der Waals surface area contributed by atoms with E-state index in [1.54, 1.807) is 0 Å². The summed E-state index contributed by atoms with van der Waals surface area (Å²) in [5.74, 6) is 0. The maximum Gasteiger partial charge on any atom is 0.0725 e. The molecule has 0 N–H and O–H groups in total. The fourth-order valence-corrected chi connectivity index (χ4v) is 5.05. The van der Waals surface area contributed by atoms with Crippen LogP contribution in [0.2, 0.25) is 0 Å². The van der Waals surface area contributed by atoms with Crippen LogP contribution in [0.15, 0.2) is 97.1 Å². The number of benzene rings is 4. The maximum atomic E-state index is 2.31. The van der Waals surface area contributed by atoms with Crippen LogP contribution in [-0.2, 0) is 5.41 Å². The molecule has 0 atom stereocenters. The SMILES string of the molecule is C.CC.CC.CC.CC.c1ccc2c(c1)-c1ccccc1C21c2ccccc2-c2ccccc21. The highest BCUT2D eigenvalue weighted by Crippen LogP contribution is 2.62. The molecule has 0 fully saturated rings. The highest BCUT2D eigenvalue weighted by molar-refractivity contribution is 5.94. The van der Waals surface area contributed by atoms with E-state index >= 15 is 0 Å². The van der Waals surface area contributed by atoms with Crippen molar-refractivity contribution in [3.05, 3.63) is 119 Å². The molecule has 0 aromatic heterocycles. The van der Waals surface area contributed by atoms with Crippen molar-refractivity contribution in [2.45, 2.75) is 68.2 Å². The fourth-order valence-electron chi connectivity index (χ4n) is 5.05. The topological polar surface area (TPSA) is 0 Å². The lowest BCUT2D eigenvalue weighted by atomic mass is 9.70. The van der Waals surface area contributed by atoms with Gasteiger partial charge in [-0.05, 0) is 44.5 Å². The Kier molecular flexibility index (Phi) is 11.5. The molecule has 0 amide bonds. The Morgan fingerprint density at radius 1 is 0.324 bits per heavy atom. The molecule has 4 aromatic rings. The molecule has 0 saturated carbocycles. The third-order valence-corrected chi connectivity index (χ3v) is 5.90. The molecule has 0 unspecified atom stereocenters.